The molecule has 4 atom stereocenters. The van der Waals surface area contributed by atoms with Gasteiger partial charge in [-0.1, -0.05) is 0 Å². The highest BCUT2D eigenvalue weighted by molar-refractivity contribution is 7.46. The molecule has 0 aliphatic rings. The lowest BCUT2D eigenvalue weighted by Crippen LogP contribution is -2.46. The summed E-state index contributed by atoms with van der Waals surface area (Å²) in [6, 6.07) is 0. The summed E-state index contributed by atoms with van der Waals surface area (Å²) in [6.45, 7) is -0.964. The molecule has 0 saturated heterocycles. The average Bonchev–Trinajstić information content (AvgIpc) is 2.21. The summed E-state index contributed by atoms with van der Waals surface area (Å²) >= 11 is 0. The predicted molar refractivity (Wildman–Crippen MR) is 48.1 cm³/mol. The number of rotatable bonds is 7. The van der Waals surface area contributed by atoms with Gasteiger partial charge in [0.15, 0.2) is 6.29 Å². The molecule has 0 aromatic heterocycles. The van der Waals surface area contributed by atoms with E-state index in [2.05, 4.69) is 4.52 Å². The molecule has 10 heteroatoms. The molecule has 0 radical (unpaired) electrons. The normalized spacial score (nSPS) is 19.9. The number of aliphatic hydroxyl groups excluding tert-OH is 4. The molecule has 0 aromatic carbocycles. The number of aldehydes is 1. The molecule has 0 saturated carbocycles. The molecule has 0 aliphatic heterocycles. The van der Waals surface area contributed by atoms with Crippen LogP contribution in [-0.2, 0) is 13.9 Å². The third-order valence-electron chi connectivity index (χ3n) is 1.65. The van der Waals surface area contributed by atoms with Crippen LogP contribution in [0.1, 0.15) is 0 Å². The minimum atomic E-state index is -4.80. The minimum absolute atomic E-state index is 0.0650. The van der Waals surface area contributed by atoms with Crippen LogP contribution in [0.25, 0.3) is 0 Å². The third kappa shape index (κ3) is 5.64. The van der Waals surface area contributed by atoms with Crippen LogP contribution < -0.4 is 0 Å². The first-order chi connectivity index (χ1) is 7.19. The monoisotopic (exact) mass is 260 g/mol. The molecular weight excluding hydrogens is 247 g/mol. The topological polar surface area (TPSA) is 165 Å². The van der Waals surface area contributed by atoms with Gasteiger partial charge in [0.2, 0.25) is 0 Å². The highest BCUT2D eigenvalue weighted by Crippen LogP contribution is 2.35. The van der Waals surface area contributed by atoms with E-state index < -0.39 is 38.8 Å². The molecule has 0 unspecified atom stereocenters. The second-order valence-corrected chi connectivity index (χ2v) is 4.20. The van der Waals surface area contributed by atoms with Crippen molar-refractivity contribution in [3.63, 3.8) is 0 Å². The smallest absolute Gasteiger partial charge is 0.388 e. The number of aliphatic hydroxyl groups is 4. The molecule has 0 fully saturated rings. The molecule has 6 N–H and O–H groups in total. The molecular formula is C6H13O9P. The van der Waals surface area contributed by atoms with Gasteiger partial charge < -0.3 is 35.0 Å². The van der Waals surface area contributed by atoms with Gasteiger partial charge >= 0.3 is 7.82 Å². The number of carbonyl (C=O) groups is 1. The molecule has 0 amide bonds. The van der Waals surface area contributed by atoms with E-state index in [4.69, 9.17) is 30.2 Å². The van der Waals surface area contributed by atoms with Crippen molar-refractivity contribution >= 4 is 14.1 Å². The summed E-state index contributed by atoms with van der Waals surface area (Å²) in [4.78, 5) is 26.6. The molecule has 9 nitrogen and oxygen atoms in total. The van der Waals surface area contributed by atoms with Crippen molar-refractivity contribution in [2.75, 3.05) is 6.61 Å². The summed E-state index contributed by atoms with van der Waals surface area (Å²) in [6.07, 6.45) is -7.80. The van der Waals surface area contributed by atoms with Crippen LogP contribution >= 0.6 is 7.82 Å². The SMILES string of the molecule is O=C[C@H](O)[C@H](O)[C@@H](O)[C@@H](O)COP(=O)(O)O. The second-order valence-electron chi connectivity index (χ2n) is 2.96. The van der Waals surface area contributed by atoms with Gasteiger partial charge in [0, 0.05) is 0 Å². The third-order valence-corrected chi connectivity index (χ3v) is 2.13. The van der Waals surface area contributed by atoms with Crippen LogP contribution in [0.4, 0.5) is 0 Å². The Morgan fingerprint density at radius 3 is 2.00 bits per heavy atom. The first-order valence-corrected chi connectivity index (χ1v) is 5.59. The van der Waals surface area contributed by atoms with Gasteiger partial charge in [-0.15, -0.1) is 0 Å². The molecule has 96 valence electrons. The zero-order chi connectivity index (χ0) is 12.9. The van der Waals surface area contributed by atoms with Gasteiger partial charge in [0.05, 0.1) is 6.61 Å². The maximum Gasteiger partial charge on any atom is 0.469 e. The Labute approximate surface area is 90.2 Å². The van der Waals surface area contributed by atoms with Gasteiger partial charge in [-0.2, -0.15) is 0 Å². The van der Waals surface area contributed by atoms with Crippen LogP contribution in [0.5, 0.6) is 0 Å². The average molecular weight is 260 g/mol. The fraction of sp³-hybridized carbons (Fsp3) is 0.833. The van der Waals surface area contributed by atoms with E-state index in [0.717, 1.165) is 0 Å². The lowest BCUT2D eigenvalue weighted by Gasteiger charge is -2.23. The molecule has 0 heterocycles. The highest BCUT2D eigenvalue weighted by atomic mass is 31.2. The van der Waals surface area contributed by atoms with Gasteiger partial charge in [-0.05, 0) is 0 Å². The first kappa shape index (κ1) is 15.6. The Bertz CT molecular complexity index is 263. The Hall–Kier alpha value is -0.380. The van der Waals surface area contributed by atoms with E-state index in [-0.39, 0.29) is 6.29 Å². The van der Waals surface area contributed by atoms with Crippen LogP contribution in [0, 0.1) is 0 Å². The predicted octanol–water partition coefficient (Wildman–Crippen LogP) is -3.26. The Kier molecular flexibility index (Phi) is 6.23. The Balaban J connectivity index is 4.22. The summed E-state index contributed by atoms with van der Waals surface area (Å²) in [7, 11) is -4.80. The van der Waals surface area contributed by atoms with Crippen LogP contribution in [-0.4, -0.2) is 67.5 Å². The first-order valence-electron chi connectivity index (χ1n) is 4.06. The molecule has 0 aromatic rings. The summed E-state index contributed by atoms with van der Waals surface area (Å²) in [5.41, 5.74) is 0. The zero-order valence-corrected chi connectivity index (χ0v) is 8.84. The van der Waals surface area contributed by atoms with E-state index >= 15 is 0 Å². The van der Waals surface area contributed by atoms with Crippen molar-refractivity contribution in [2.24, 2.45) is 0 Å². The fourth-order valence-electron chi connectivity index (χ4n) is 0.782. The number of hydrogen-bond donors (Lipinski definition) is 6. The van der Waals surface area contributed by atoms with E-state index in [1.165, 1.54) is 0 Å². The number of phosphoric acid groups is 1. The lowest BCUT2D eigenvalue weighted by atomic mass is 10.0. The molecule has 0 spiro atoms. The van der Waals surface area contributed by atoms with Crippen LogP contribution in [0.15, 0.2) is 0 Å². The van der Waals surface area contributed by atoms with Crippen molar-refractivity contribution in [3.8, 4) is 0 Å². The van der Waals surface area contributed by atoms with Crippen molar-refractivity contribution in [1.29, 1.82) is 0 Å². The Morgan fingerprint density at radius 2 is 1.62 bits per heavy atom. The van der Waals surface area contributed by atoms with E-state index in [9.17, 15) is 9.36 Å². The molecule has 0 rings (SSSR count). The molecule has 0 bridgehead atoms. The molecule has 0 aliphatic carbocycles. The van der Waals surface area contributed by atoms with Gasteiger partial charge in [0.1, 0.15) is 24.4 Å². The number of hydrogen-bond acceptors (Lipinski definition) is 7. The largest absolute Gasteiger partial charge is 0.469 e. The van der Waals surface area contributed by atoms with E-state index in [1.807, 2.05) is 0 Å². The lowest BCUT2D eigenvalue weighted by molar-refractivity contribution is -0.136. The second kappa shape index (κ2) is 6.38. The van der Waals surface area contributed by atoms with Crippen molar-refractivity contribution in [3.05, 3.63) is 0 Å². The van der Waals surface area contributed by atoms with E-state index in [0.29, 0.717) is 0 Å². The van der Waals surface area contributed by atoms with Gasteiger partial charge in [-0.3, -0.25) is 4.52 Å². The molecule has 16 heavy (non-hydrogen) atoms. The van der Waals surface area contributed by atoms with E-state index in [1.54, 1.807) is 0 Å². The quantitative estimate of drug-likeness (QED) is 0.203. The standard InChI is InChI=1S/C6H13O9P/c7-1-3(8)5(10)6(11)4(9)2-15-16(12,13)14/h1,3-6,8-11H,2H2,(H2,12,13,14)/t3-,4-,5-,6-/m0/s1. The van der Waals surface area contributed by atoms with Crippen molar-refractivity contribution in [1.82, 2.24) is 0 Å². The van der Waals surface area contributed by atoms with Crippen molar-refractivity contribution < 1.29 is 44.1 Å². The number of phosphoric ester groups is 1. The van der Waals surface area contributed by atoms with Crippen LogP contribution in [0.2, 0.25) is 0 Å². The van der Waals surface area contributed by atoms with Crippen molar-refractivity contribution in [2.45, 2.75) is 24.4 Å². The number of carbonyl (C=O) groups excluding carboxylic acids is 1. The van der Waals surface area contributed by atoms with Crippen LogP contribution in [0.3, 0.4) is 0 Å². The fourth-order valence-corrected chi connectivity index (χ4v) is 1.13. The van der Waals surface area contributed by atoms with Gasteiger partial charge in [0.25, 0.3) is 0 Å². The summed E-state index contributed by atoms with van der Waals surface area (Å²) in [5, 5.41) is 36.1. The highest BCUT2D eigenvalue weighted by Gasteiger charge is 2.31. The zero-order valence-electron chi connectivity index (χ0n) is 7.95. The maximum atomic E-state index is 10.2. The van der Waals surface area contributed by atoms with Gasteiger partial charge in [-0.25, -0.2) is 4.57 Å². The summed E-state index contributed by atoms with van der Waals surface area (Å²) < 4.78 is 14.1. The Morgan fingerprint density at radius 1 is 1.12 bits per heavy atom. The summed E-state index contributed by atoms with van der Waals surface area (Å²) in [5.74, 6) is 0. The maximum absolute atomic E-state index is 10.2. The minimum Gasteiger partial charge on any atom is -0.388 e.